The number of H-pyrrole nitrogens is 1. The number of allylic oxidation sites excluding steroid dienone is 2. The van der Waals surface area contributed by atoms with Gasteiger partial charge in [-0.25, -0.2) is 4.79 Å². The predicted octanol–water partition coefficient (Wildman–Crippen LogP) is 5.32. The molecule has 2 heterocycles. The van der Waals surface area contributed by atoms with Gasteiger partial charge < -0.3 is 14.8 Å². The molecule has 1 aromatic heterocycles. The van der Waals surface area contributed by atoms with E-state index < -0.39 is 5.97 Å². The minimum absolute atomic E-state index is 0.275. The second-order valence-corrected chi connectivity index (χ2v) is 6.47. The molecule has 0 aliphatic carbocycles. The maximum atomic E-state index is 10.6. The number of aliphatic carboxylic acids is 1. The molecular weight excluding hydrogens is 326 g/mol. The summed E-state index contributed by atoms with van der Waals surface area (Å²) in [4.78, 5) is 13.4. The van der Waals surface area contributed by atoms with Crippen LogP contribution >= 0.6 is 0 Å². The molecule has 0 fully saturated rings. The summed E-state index contributed by atoms with van der Waals surface area (Å²) in [5.74, 6) is -0.0582. The largest absolute Gasteiger partial charge is 0.483 e. The van der Waals surface area contributed by atoms with Gasteiger partial charge in [-0.3, -0.25) is 0 Å². The third kappa shape index (κ3) is 6.13. The van der Waals surface area contributed by atoms with Crippen LogP contribution in [-0.2, 0) is 4.79 Å². The highest BCUT2D eigenvalue weighted by molar-refractivity contribution is 5.81. The number of ether oxygens (including phenoxy) is 1. The van der Waals surface area contributed by atoms with Crippen molar-refractivity contribution in [3.63, 3.8) is 0 Å². The van der Waals surface area contributed by atoms with Gasteiger partial charge in [-0.15, -0.1) is 0 Å². The van der Waals surface area contributed by atoms with Gasteiger partial charge in [0.25, 0.3) is 0 Å². The summed E-state index contributed by atoms with van der Waals surface area (Å²) >= 11 is 0. The highest BCUT2D eigenvalue weighted by Crippen LogP contribution is 2.31. The molecule has 0 atom stereocenters. The van der Waals surface area contributed by atoms with Crippen LogP contribution in [0.4, 0.5) is 0 Å². The summed E-state index contributed by atoms with van der Waals surface area (Å²) in [5.41, 5.74) is 2.77. The number of fused-ring (bicyclic) bond motifs is 1. The van der Waals surface area contributed by atoms with E-state index in [-0.39, 0.29) is 5.60 Å². The number of benzene rings is 1. The van der Waals surface area contributed by atoms with Crippen molar-refractivity contribution in [3.05, 3.63) is 77.7 Å². The Morgan fingerprint density at radius 2 is 1.96 bits per heavy atom. The molecule has 1 aliphatic rings. The zero-order valence-electron chi connectivity index (χ0n) is 15.4. The third-order valence-electron chi connectivity index (χ3n) is 3.77. The van der Waals surface area contributed by atoms with Gasteiger partial charge in [-0.05, 0) is 61.7 Å². The van der Waals surface area contributed by atoms with Crippen molar-refractivity contribution in [2.75, 3.05) is 0 Å². The number of aromatic amines is 1. The van der Waals surface area contributed by atoms with Crippen LogP contribution in [0.1, 0.15) is 38.3 Å². The Morgan fingerprint density at radius 1 is 1.23 bits per heavy atom. The summed E-state index contributed by atoms with van der Waals surface area (Å²) < 4.78 is 5.89. The van der Waals surface area contributed by atoms with Gasteiger partial charge in [-0.2, -0.15) is 0 Å². The summed E-state index contributed by atoms with van der Waals surface area (Å²) in [6, 6.07) is 9.88. The minimum Gasteiger partial charge on any atom is -0.483 e. The smallest absolute Gasteiger partial charge is 0.328 e. The van der Waals surface area contributed by atoms with E-state index in [1.54, 1.807) is 6.08 Å². The molecular formula is C22H25NO3. The second kappa shape index (κ2) is 8.90. The number of hydrogen-bond acceptors (Lipinski definition) is 2. The second-order valence-electron chi connectivity index (χ2n) is 6.47. The minimum atomic E-state index is -0.932. The molecule has 0 saturated heterocycles. The zero-order valence-corrected chi connectivity index (χ0v) is 15.4. The van der Waals surface area contributed by atoms with Crippen LogP contribution in [0.5, 0.6) is 5.75 Å². The fourth-order valence-corrected chi connectivity index (χ4v) is 2.43. The van der Waals surface area contributed by atoms with Crippen molar-refractivity contribution < 1.29 is 14.6 Å². The van der Waals surface area contributed by atoms with Crippen molar-refractivity contribution >= 4 is 18.1 Å². The van der Waals surface area contributed by atoms with Crippen molar-refractivity contribution in [1.82, 2.24) is 4.98 Å². The predicted molar refractivity (Wildman–Crippen MR) is 106 cm³/mol. The fourth-order valence-electron chi connectivity index (χ4n) is 2.43. The van der Waals surface area contributed by atoms with Gasteiger partial charge in [0.15, 0.2) is 0 Å². The molecule has 2 aromatic rings. The van der Waals surface area contributed by atoms with Crippen molar-refractivity contribution in [3.8, 4) is 5.75 Å². The van der Waals surface area contributed by atoms with Gasteiger partial charge in [0.1, 0.15) is 11.4 Å². The van der Waals surface area contributed by atoms with Crippen LogP contribution in [0.2, 0.25) is 0 Å². The van der Waals surface area contributed by atoms with Crippen LogP contribution in [0.25, 0.3) is 12.2 Å². The van der Waals surface area contributed by atoms with E-state index in [0.717, 1.165) is 28.9 Å². The lowest BCUT2D eigenvalue weighted by molar-refractivity contribution is -0.131. The first-order valence-electron chi connectivity index (χ1n) is 8.61. The summed E-state index contributed by atoms with van der Waals surface area (Å²) in [5, 5.41) is 8.69. The topological polar surface area (TPSA) is 62.3 Å². The SMILES string of the molecule is CCC(C=CC(=O)O)=Cc1ccc2c(c1)C=CC(C)(C)O2.c1cc[nH]c1. The zero-order chi connectivity index (χ0) is 19.0. The average molecular weight is 351 g/mol. The number of nitrogens with one attached hydrogen (secondary N) is 1. The van der Waals surface area contributed by atoms with Crippen LogP contribution in [0.3, 0.4) is 0 Å². The molecule has 136 valence electrons. The molecule has 4 heteroatoms. The Hall–Kier alpha value is -3.01. The Bertz CT molecular complexity index is 795. The Balaban J connectivity index is 0.000000417. The molecule has 0 bridgehead atoms. The highest BCUT2D eigenvalue weighted by atomic mass is 16.5. The first-order chi connectivity index (χ1) is 12.4. The van der Waals surface area contributed by atoms with Crippen LogP contribution in [0, 0.1) is 0 Å². The van der Waals surface area contributed by atoms with E-state index in [9.17, 15) is 4.79 Å². The monoisotopic (exact) mass is 351 g/mol. The van der Waals surface area contributed by atoms with Crippen LogP contribution in [0.15, 0.2) is 66.5 Å². The number of hydrogen-bond donors (Lipinski definition) is 2. The number of aromatic nitrogens is 1. The Kier molecular flexibility index (Phi) is 6.61. The summed E-state index contributed by atoms with van der Waals surface area (Å²) in [6.45, 7) is 6.04. The highest BCUT2D eigenvalue weighted by Gasteiger charge is 2.21. The summed E-state index contributed by atoms with van der Waals surface area (Å²) in [7, 11) is 0. The first-order valence-corrected chi connectivity index (χ1v) is 8.61. The molecule has 0 radical (unpaired) electrons. The molecule has 0 spiro atoms. The first kappa shape index (κ1) is 19.3. The number of carboxylic acids is 1. The van der Waals surface area contributed by atoms with E-state index in [1.165, 1.54) is 6.08 Å². The van der Waals surface area contributed by atoms with Gasteiger partial charge in [0.05, 0.1) is 0 Å². The lowest BCUT2D eigenvalue weighted by Gasteiger charge is -2.27. The van der Waals surface area contributed by atoms with Crippen molar-refractivity contribution in [2.24, 2.45) is 0 Å². The normalized spacial score (nSPS) is 15.0. The molecule has 1 aliphatic heterocycles. The van der Waals surface area contributed by atoms with Gasteiger partial charge in [0.2, 0.25) is 0 Å². The molecule has 0 unspecified atom stereocenters. The van der Waals surface area contributed by atoms with Crippen molar-refractivity contribution in [1.29, 1.82) is 0 Å². The molecule has 1 aromatic carbocycles. The molecule has 0 saturated carbocycles. The van der Waals surface area contributed by atoms with Gasteiger partial charge in [-0.1, -0.05) is 31.2 Å². The molecule has 26 heavy (non-hydrogen) atoms. The molecule has 4 nitrogen and oxygen atoms in total. The standard InChI is InChI=1S/C18H20O3.C4H5N/c1-4-13(6-8-17(19)20)11-14-5-7-16-15(12-14)9-10-18(2,3)21-16;1-2-4-5-3-1/h5-12H,4H2,1-3H3,(H,19,20);1-5H. The molecule has 2 N–H and O–H groups in total. The molecule has 0 amide bonds. The Morgan fingerprint density at radius 3 is 2.54 bits per heavy atom. The average Bonchev–Trinajstić information content (AvgIpc) is 3.18. The fraction of sp³-hybridized carbons (Fsp3) is 0.227. The van der Waals surface area contributed by atoms with E-state index in [0.29, 0.717) is 0 Å². The van der Waals surface area contributed by atoms with E-state index >= 15 is 0 Å². The summed E-state index contributed by atoms with van der Waals surface area (Å²) in [6.07, 6.45) is 13.4. The number of carboxylic acid groups (broad SMARTS) is 1. The quantitative estimate of drug-likeness (QED) is 0.579. The maximum absolute atomic E-state index is 10.6. The van der Waals surface area contributed by atoms with Crippen LogP contribution < -0.4 is 4.74 Å². The van der Waals surface area contributed by atoms with Crippen LogP contribution in [-0.4, -0.2) is 21.7 Å². The lowest BCUT2D eigenvalue weighted by Crippen LogP contribution is -2.27. The van der Waals surface area contributed by atoms with E-state index in [1.807, 2.05) is 75.6 Å². The molecule has 3 rings (SSSR count). The van der Waals surface area contributed by atoms with Gasteiger partial charge >= 0.3 is 5.97 Å². The number of carbonyl (C=O) groups is 1. The van der Waals surface area contributed by atoms with E-state index in [4.69, 9.17) is 9.84 Å². The Labute approximate surface area is 154 Å². The number of rotatable bonds is 4. The van der Waals surface area contributed by atoms with Crippen molar-refractivity contribution in [2.45, 2.75) is 32.8 Å². The lowest BCUT2D eigenvalue weighted by atomic mass is 9.99. The third-order valence-corrected chi connectivity index (χ3v) is 3.77. The van der Waals surface area contributed by atoms with E-state index in [2.05, 4.69) is 11.1 Å². The van der Waals surface area contributed by atoms with Gasteiger partial charge in [0, 0.05) is 24.0 Å². The maximum Gasteiger partial charge on any atom is 0.328 e.